The number of H-pyrrole nitrogens is 1. The van der Waals surface area contributed by atoms with Gasteiger partial charge in [0.15, 0.2) is 0 Å². The van der Waals surface area contributed by atoms with Crippen molar-refractivity contribution in [1.82, 2.24) is 14.8 Å². The van der Waals surface area contributed by atoms with E-state index in [4.69, 9.17) is 16.3 Å². The number of aromatic amines is 1. The summed E-state index contributed by atoms with van der Waals surface area (Å²) >= 11 is 8.97. The van der Waals surface area contributed by atoms with E-state index < -0.39 is 5.97 Å². The number of nitrogens with zero attached hydrogens (tertiary/aromatic N) is 3. The van der Waals surface area contributed by atoms with Crippen molar-refractivity contribution in [3.05, 3.63) is 75.2 Å². The minimum atomic E-state index is -0.444. The van der Waals surface area contributed by atoms with Gasteiger partial charge in [-0.1, -0.05) is 35.1 Å². The van der Waals surface area contributed by atoms with E-state index in [9.17, 15) is 9.59 Å². The Balaban J connectivity index is 1.60. The predicted octanol–water partition coefficient (Wildman–Crippen LogP) is 4.75. The van der Waals surface area contributed by atoms with Crippen molar-refractivity contribution >= 4 is 56.6 Å². The molecule has 0 bridgehead atoms. The maximum atomic E-state index is 13.3. The molecule has 4 rings (SSSR count). The molecule has 0 aliphatic rings. The third-order valence-electron chi connectivity index (χ3n) is 4.87. The van der Waals surface area contributed by atoms with E-state index in [1.807, 2.05) is 48.5 Å². The lowest BCUT2D eigenvalue weighted by atomic mass is 10.1. The van der Waals surface area contributed by atoms with Crippen LogP contribution in [-0.2, 0) is 16.0 Å². The average molecular weight is 501 g/mol. The number of thiazole rings is 1. The molecule has 0 aliphatic heterocycles. The Bertz CT molecular complexity index is 1340. The van der Waals surface area contributed by atoms with Crippen molar-refractivity contribution in [2.75, 3.05) is 19.4 Å². The molecule has 10 heteroatoms. The maximum Gasteiger partial charge on any atom is 0.311 e. The van der Waals surface area contributed by atoms with Crippen LogP contribution in [0.3, 0.4) is 0 Å². The van der Waals surface area contributed by atoms with E-state index in [0.29, 0.717) is 33.7 Å². The van der Waals surface area contributed by atoms with E-state index >= 15 is 0 Å². The Kier molecular flexibility index (Phi) is 7.32. The molecule has 0 aliphatic carbocycles. The van der Waals surface area contributed by atoms with Crippen LogP contribution in [0.2, 0.25) is 5.02 Å². The molecule has 2 aromatic carbocycles. The Morgan fingerprint density at radius 3 is 2.73 bits per heavy atom. The van der Waals surface area contributed by atoms with Crippen molar-refractivity contribution in [2.45, 2.75) is 18.2 Å². The third kappa shape index (κ3) is 5.38. The molecule has 170 valence electrons. The van der Waals surface area contributed by atoms with Gasteiger partial charge >= 0.3 is 5.97 Å². The smallest absolute Gasteiger partial charge is 0.311 e. The van der Waals surface area contributed by atoms with Crippen molar-refractivity contribution < 1.29 is 9.53 Å². The predicted molar refractivity (Wildman–Crippen MR) is 135 cm³/mol. The summed E-state index contributed by atoms with van der Waals surface area (Å²) in [6.45, 7) is 2.30. The van der Waals surface area contributed by atoms with Gasteiger partial charge in [0.1, 0.15) is 0 Å². The van der Waals surface area contributed by atoms with Gasteiger partial charge in [-0.15, -0.1) is 11.8 Å². The molecule has 1 N–H and O–H groups in total. The Morgan fingerprint density at radius 2 is 2.00 bits per heavy atom. The number of aliphatic imine (C=N–C) groups is 1. The van der Waals surface area contributed by atoms with E-state index in [2.05, 4.69) is 15.1 Å². The van der Waals surface area contributed by atoms with Crippen LogP contribution in [0.25, 0.3) is 15.3 Å². The molecular weight excluding hydrogens is 480 g/mol. The summed E-state index contributed by atoms with van der Waals surface area (Å²) in [5, 5.41) is 4.25. The number of aromatic nitrogens is 3. The number of para-hydroxylation sites is 1. The highest BCUT2D eigenvalue weighted by Gasteiger charge is 2.21. The number of thioether (sulfide) groups is 1. The van der Waals surface area contributed by atoms with Gasteiger partial charge in [-0.25, -0.2) is 4.98 Å². The van der Waals surface area contributed by atoms with Crippen molar-refractivity contribution in [3.63, 3.8) is 0 Å². The van der Waals surface area contributed by atoms with E-state index in [-0.39, 0.29) is 12.0 Å². The highest BCUT2D eigenvalue weighted by molar-refractivity contribution is 7.99. The summed E-state index contributed by atoms with van der Waals surface area (Å²) in [5.74, 6) is 0.293. The molecule has 0 unspecified atom stereocenters. The molecule has 7 nitrogen and oxygen atoms in total. The minimum Gasteiger partial charge on any atom is -0.469 e. The quantitative estimate of drug-likeness (QED) is 0.163. The number of carbonyl (C=O) groups is 1. The summed E-state index contributed by atoms with van der Waals surface area (Å²) in [4.78, 5) is 35.5. The average Bonchev–Trinajstić information content (AvgIpc) is 3.38. The zero-order chi connectivity index (χ0) is 23.4. The molecule has 2 heterocycles. The second-order valence-corrected chi connectivity index (χ2v) is 9.71. The van der Waals surface area contributed by atoms with Crippen LogP contribution >= 0.6 is 34.7 Å². The molecule has 0 atom stereocenters. The van der Waals surface area contributed by atoms with Crippen molar-refractivity contribution in [2.24, 2.45) is 4.99 Å². The van der Waals surface area contributed by atoms with Crippen molar-refractivity contribution in [3.8, 4) is 5.13 Å². The molecule has 33 heavy (non-hydrogen) atoms. The summed E-state index contributed by atoms with van der Waals surface area (Å²) in [7, 11) is 1.32. The molecule has 0 saturated heterocycles. The van der Waals surface area contributed by atoms with Gasteiger partial charge in [-0.2, -0.15) is 4.68 Å². The number of carbonyl (C=O) groups excluding carboxylic acids is 1. The first-order chi connectivity index (χ1) is 16.0. The summed E-state index contributed by atoms with van der Waals surface area (Å²) in [6.07, 6.45) is -0.0641. The first kappa shape index (κ1) is 23.3. The highest BCUT2D eigenvalue weighted by atomic mass is 35.5. The highest BCUT2D eigenvalue weighted by Crippen LogP contribution is 2.24. The molecule has 2 aromatic heterocycles. The Morgan fingerprint density at radius 1 is 1.24 bits per heavy atom. The van der Waals surface area contributed by atoms with Crippen LogP contribution in [0.5, 0.6) is 0 Å². The number of rotatable bonds is 8. The molecule has 0 fully saturated rings. The second kappa shape index (κ2) is 10.4. The summed E-state index contributed by atoms with van der Waals surface area (Å²) < 4.78 is 7.15. The number of hydrogen-bond donors (Lipinski definition) is 1. The zero-order valence-electron chi connectivity index (χ0n) is 18.0. The molecule has 0 amide bonds. The number of fused-ring (bicyclic) bond motifs is 1. The topological polar surface area (TPSA) is 89.3 Å². The second-order valence-electron chi connectivity index (χ2n) is 7.09. The molecule has 0 spiro atoms. The molecule has 0 radical (unpaired) electrons. The fourth-order valence-corrected chi connectivity index (χ4v) is 5.08. The monoisotopic (exact) mass is 500 g/mol. The third-order valence-corrected chi connectivity index (χ3v) is 7.14. The van der Waals surface area contributed by atoms with Crippen LogP contribution in [0, 0.1) is 0 Å². The molecular formula is C23H21ClN4O3S2. The molecule has 4 aromatic rings. The van der Waals surface area contributed by atoms with Crippen LogP contribution in [0.4, 0.5) is 0 Å². The lowest BCUT2D eigenvalue weighted by molar-refractivity contribution is -0.139. The number of methoxy groups -OCH3 is 1. The van der Waals surface area contributed by atoms with Gasteiger partial charge in [0.2, 0.25) is 5.13 Å². The van der Waals surface area contributed by atoms with Crippen LogP contribution in [-0.4, -0.2) is 45.9 Å². The standard InChI is InChI=1S/C23H21ClN4O3S2/c1-14(25-11-12-32-16-9-7-15(24)8-10-16)21-18(13-20(29)31-2)27-28(22(21)30)23-26-17-5-3-4-6-19(17)33-23/h3-10,27H,11-13H2,1-2H3. The zero-order valence-corrected chi connectivity index (χ0v) is 20.4. The number of halogens is 1. The normalized spacial score (nSPS) is 11.8. The summed E-state index contributed by atoms with van der Waals surface area (Å²) in [6, 6.07) is 15.3. The van der Waals surface area contributed by atoms with Crippen LogP contribution in [0.1, 0.15) is 18.2 Å². The molecule has 0 saturated carbocycles. The van der Waals surface area contributed by atoms with Gasteiger partial charge in [0.25, 0.3) is 5.56 Å². The number of ether oxygens (including phenoxy) is 1. The van der Waals surface area contributed by atoms with Gasteiger partial charge < -0.3 is 4.74 Å². The number of hydrogen-bond acceptors (Lipinski definition) is 7. The van der Waals surface area contributed by atoms with Gasteiger partial charge in [-0.05, 0) is 43.3 Å². The van der Waals surface area contributed by atoms with E-state index in [1.54, 1.807) is 18.7 Å². The lowest BCUT2D eigenvalue weighted by Gasteiger charge is -2.03. The SMILES string of the molecule is COC(=O)Cc1[nH]n(-c2nc3ccccc3s2)c(=O)c1C(C)=NCCSc1ccc(Cl)cc1. The summed E-state index contributed by atoms with van der Waals surface area (Å²) in [5.41, 5.74) is 1.90. The van der Waals surface area contributed by atoms with E-state index in [1.165, 1.54) is 23.1 Å². The number of benzene rings is 2. The van der Waals surface area contributed by atoms with Gasteiger partial charge in [0, 0.05) is 27.9 Å². The number of nitrogens with one attached hydrogen (secondary N) is 1. The van der Waals surface area contributed by atoms with Crippen LogP contribution in [0.15, 0.2) is 63.2 Å². The maximum absolute atomic E-state index is 13.3. The van der Waals surface area contributed by atoms with Crippen molar-refractivity contribution in [1.29, 1.82) is 0 Å². The van der Waals surface area contributed by atoms with Crippen LogP contribution < -0.4 is 5.56 Å². The first-order valence-electron chi connectivity index (χ1n) is 10.1. The minimum absolute atomic E-state index is 0.0641. The fourth-order valence-electron chi connectivity index (χ4n) is 3.28. The first-order valence-corrected chi connectivity index (χ1v) is 12.3. The Hall–Kier alpha value is -2.88. The van der Waals surface area contributed by atoms with E-state index in [0.717, 1.165) is 20.9 Å². The van der Waals surface area contributed by atoms with Gasteiger partial charge in [-0.3, -0.25) is 19.7 Å². The largest absolute Gasteiger partial charge is 0.469 e. The Labute approximate surface area is 203 Å². The lowest BCUT2D eigenvalue weighted by Crippen LogP contribution is -2.20. The number of esters is 1. The fraction of sp³-hybridized carbons (Fsp3) is 0.217. The van der Waals surface area contributed by atoms with Gasteiger partial charge in [0.05, 0.1) is 35.0 Å².